The molecule has 3 N–H and O–H groups in total. The third kappa shape index (κ3) is 3.71. The van der Waals surface area contributed by atoms with Crippen LogP contribution in [0.25, 0.3) is 43.8 Å². The number of hydrogen-bond donors (Lipinski definition) is 2. The highest BCUT2D eigenvalue weighted by atomic mass is 19.1. The van der Waals surface area contributed by atoms with Crippen molar-refractivity contribution in [3.8, 4) is 16.9 Å². The average Bonchev–Trinajstić information content (AvgIpc) is 3.44. The van der Waals surface area contributed by atoms with Crippen LogP contribution >= 0.6 is 0 Å². The molecule has 0 aliphatic rings. The molecule has 0 radical (unpaired) electrons. The van der Waals surface area contributed by atoms with E-state index in [0.29, 0.717) is 34.8 Å². The number of fused-ring (bicyclic) bond motifs is 8. The molecule has 3 heterocycles. The van der Waals surface area contributed by atoms with Crippen LogP contribution in [0.2, 0.25) is 0 Å². The molecule has 6 aromatic rings. The Labute approximate surface area is 212 Å². The summed E-state index contributed by atoms with van der Waals surface area (Å²) >= 11 is 0. The van der Waals surface area contributed by atoms with Crippen LogP contribution in [-0.4, -0.2) is 18.0 Å². The van der Waals surface area contributed by atoms with Crippen molar-refractivity contribution >= 4 is 44.4 Å². The molecule has 0 atom stereocenters. The van der Waals surface area contributed by atoms with Crippen LogP contribution in [-0.2, 0) is 6.54 Å². The molecule has 2 bridgehead atoms. The minimum absolute atomic E-state index is 0.193. The van der Waals surface area contributed by atoms with Crippen molar-refractivity contribution in [2.45, 2.75) is 20.4 Å². The highest BCUT2D eigenvalue weighted by Crippen LogP contribution is 2.42. The monoisotopic (exact) mass is 493 g/mol. The Hall–Kier alpha value is -4.65. The van der Waals surface area contributed by atoms with E-state index < -0.39 is 0 Å². The minimum atomic E-state index is -0.359. The maximum atomic E-state index is 14.7. The third-order valence-electron chi connectivity index (χ3n) is 6.97. The molecule has 0 fully saturated rings. The van der Waals surface area contributed by atoms with Gasteiger partial charge < -0.3 is 20.2 Å². The number of halogens is 1. The van der Waals surface area contributed by atoms with Gasteiger partial charge in [0.15, 0.2) is 0 Å². The molecule has 0 saturated carbocycles. The number of nitrogen functional groups attached to an aromatic ring is 1. The fraction of sp³-hybridized carbons (Fsp3) is 0.133. The topological polar surface area (TPSA) is 90.4 Å². The third-order valence-corrected chi connectivity index (χ3v) is 6.97. The number of carbonyl (C=O) groups excluding carboxylic acids is 1. The number of amides is 1. The van der Waals surface area contributed by atoms with E-state index in [1.165, 1.54) is 13.2 Å². The molecule has 37 heavy (non-hydrogen) atoms. The van der Waals surface area contributed by atoms with Crippen molar-refractivity contribution in [2.75, 3.05) is 12.8 Å². The summed E-state index contributed by atoms with van der Waals surface area (Å²) in [6, 6.07) is 17.9. The zero-order valence-corrected chi connectivity index (χ0v) is 20.6. The molecule has 0 unspecified atom stereocenters. The first-order valence-corrected chi connectivity index (χ1v) is 11.9. The smallest absolute Gasteiger partial charge is 0.251 e. The van der Waals surface area contributed by atoms with E-state index in [9.17, 15) is 9.18 Å². The molecule has 6 rings (SSSR count). The van der Waals surface area contributed by atoms with Crippen molar-refractivity contribution in [2.24, 2.45) is 0 Å². The van der Waals surface area contributed by atoms with Gasteiger partial charge in [-0.05, 0) is 79.1 Å². The second-order valence-electron chi connectivity index (χ2n) is 9.24. The maximum absolute atomic E-state index is 14.7. The molecule has 3 aromatic carbocycles. The molecule has 0 aliphatic heterocycles. The Balaban J connectivity index is 1.35. The van der Waals surface area contributed by atoms with E-state index in [2.05, 4.69) is 10.3 Å². The Morgan fingerprint density at radius 3 is 2.43 bits per heavy atom. The van der Waals surface area contributed by atoms with Gasteiger partial charge in [0.25, 0.3) is 5.91 Å². The first-order chi connectivity index (χ1) is 17.8. The van der Waals surface area contributed by atoms with Crippen molar-refractivity contribution in [1.29, 1.82) is 0 Å². The highest BCUT2D eigenvalue weighted by molar-refractivity contribution is 6.26. The van der Waals surface area contributed by atoms with Gasteiger partial charge in [-0.15, -0.1) is 0 Å². The number of methoxy groups -OCH3 is 1. The number of aromatic nitrogens is 1. The summed E-state index contributed by atoms with van der Waals surface area (Å²) in [5.41, 5.74) is 11.7. The predicted octanol–water partition coefficient (Wildman–Crippen LogP) is 6.52. The number of furan rings is 2. The molecule has 0 saturated heterocycles. The normalized spacial score (nSPS) is 11.6. The first-order valence-electron chi connectivity index (χ1n) is 11.9. The van der Waals surface area contributed by atoms with Gasteiger partial charge in [-0.2, -0.15) is 0 Å². The number of nitrogens with two attached hydrogens (primary N) is 1. The Morgan fingerprint density at radius 1 is 0.973 bits per heavy atom. The van der Waals surface area contributed by atoms with Gasteiger partial charge in [0.1, 0.15) is 28.6 Å². The van der Waals surface area contributed by atoms with Gasteiger partial charge in [0.2, 0.25) is 0 Å². The summed E-state index contributed by atoms with van der Waals surface area (Å²) in [7, 11) is 1.51. The second kappa shape index (κ2) is 8.48. The molecule has 0 aliphatic carbocycles. The number of benzene rings is 4. The molecule has 3 aromatic heterocycles. The van der Waals surface area contributed by atoms with Gasteiger partial charge in [-0.1, -0.05) is 6.07 Å². The molecular formula is C30H24FN3O3. The van der Waals surface area contributed by atoms with Gasteiger partial charge in [-0.25, -0.2) is 9.37 Å². The number of carbonyl (C=O) groups is 1. The van der Waals surface area contributed by atoms with Gasteiger partial charge >= 0.3 is 0 Å². The van der Waals surface area contributed by atoms with E-state index in [1.807, 2.05) is 44.2 Å². The average molecular weight is 494 g/mol. The predicted molar refractivity (Wildman–Crippen MR) is 144 cm³/mol. The second-order valence-corrected chi connectivity index (χ2v) is 9.24. The van der Waals surface area contributed by atoms with E-state index in [0.717, 1.165) is 49.5 Å². The SMILES string of the molecule is COc1ccc(-c2ccc3c(c2)c2oc3c3ccc(C(=O)NCc4c(C)cc(N)nc4C)cc32)c(F)c1. The van der Waals surface area contributed by atoms with E-state index in [1.54, 1.807) is 24.3 Å². The van der Waals surface area contributed by atoms with Crippen LogP contribution in [0.4, 0.5) is 10.2 Å². The number of hydrogen-bond acceptors (Lipinski definition) is 5. The standard InChI is InChI=1S/C30H24FN3O3/c1-15-10-27(32)34-16(2)25(15)14-33-30(35)18-5-8-22-24(12-18)29-23-11-17(4-7-21(23)28(22)37-29)20-9-6-19(36-3)13-26(20)31/h4-13H,14H2,1-3H3,(H2,32,34)(H,33,35). The fourth-order valence-corrected chi connectivity index (χ4v) is 5.06. The largest absolute Gasteiger partial charge is 0.497 e. The quantitative estimate of drug-likeness (QED) is 0.267. The lowest BCUT2D eigenvalue weighted by molar-refractivity contribution is 0.0951. The first kappa shape index (κ1) is 22.8. The van der Waals surface area contributed by atoms with Crippen molar-refractivity contribution < 1.29 is 18.3 Å². The maximum Gasteiger partial charge on any atom is 0.251 e. The van der Waals surface area contributed by atoms with Crippen LogP contribution in [0, 0.1) is 19.7 Å². The number of nitrogens with zero attached hydrogens (tertiary/aromatic N) is 1. The minimum Gasteiger partial charge on any atom is -0.497 e. The Bertz CT molecular complexity index is 1820. The number of anilines is 1. The zero-order valence-electron chi connectivity index (χ0n) is 20.6. The van der Waals surface area contributed by atoms with E-state index in [4.69, 9.17) is 14.9 Å². The molecular weight excluding hydrogens is 469 g/mol. The number of nitrogens with one attached hydrogen (secondary N) is 1. The molecule has 7 heteroatoms. The van der Waals surface area contributed by atoms with Crippen LogP contribution in [0.15, 0.2) is 65.1 Å². The summed E-state index contributed by atoms with van der Waals surface area (Å²) < 4.78 is 26.0. The van der Waals surface area contributed by atoms with Crippen molar-refractivity contribution in [1.82, 2.24) is 10.3 Å². The molecule has 184 valence electrons. The van der Waals surface area contributed by atoms with Crippen LogP contribution in [0.3, 0.4) is 0 Å². The summed E-state index contributed by atoms with van der Waals surface area (Å²) in [6.07, 6.45) is 0. The zero-order chi connectivity index (χ0) is 25.8. The van der Waals surface area contributed by atoms with Crippen molar-refractivity contribution in [3.05, 3.63) is 88.9 Å². The van der Waals surface area contributed by atoms with E-state index in [-0.39, 0.29) is 11.7 Å². The lowest BCUT2D eigenvalue weighted by atomic mass is 9.97. The fourth-order valence-electron chi connectivity index (χ4n) is 5.06. The molecule has 6 nitrogen and oxygen atoms in total. The van der Waals surface area contributed by atoms with Crippen LogP contribution < -0.4 is 15.8 Å². The highest BCUT2D eigenvalue weighted by Gasteiger charge is 2.20. The lowest BCUT2D eigenvalue weighted by Gasteiger charge is -2.11. The Morgan fingerprint density at radius 2 is 1.70 bits per heavy atom. The summed E-state index contributed by atoms with van der Waals surface area (Å²) in [5, 5.41) is 6.62. The van der Waals surface area contributed by atoms with Gasteiger partial charge in [0, 0.05) is 51.0 Å². The summed E-state index contributed by atoms with van der Waals surface area (Å²) in [4.78, 5) is 17.3. The van der Waals surface area contributed by atoms with E-state index >= 15 is 0 Å². The van der Waals surface area contributed by atoms with Gasteiger partial charge in [0.05, 0.1) is 7.11 Å². The molecule has 0 spiro atoms. The molecule has 1 amide bonds. The summed E-state index contributed by atoms with van der Waals surface area (Å²) in [5.74, 6) is 0.377. The van der Waals surface area contributed by atoms with Crippen molar-refractivity contribution in [3.63, 3.8) is 0 Å². The lowest BCUT2D eigenvalue weighted by Crippen LogP contribution is -2.24. The number of ether oxygens (including phenoxy) is 1. The summed E-state index contributed by atoms with van der Waals surface area (Å²) in [6.45, 7) is 4.18. The Kier molecular flexibility index (Phi) is 5.22. The van der Waals surface area contributed by atoms with Crippen LogP contribution in [0.5, 0.6) is 5.75 Å². The number of pyridine rings is 1. The van der Waals surface area contributed by atoms with Gasteiger partial charge in [-0.3, -0.25) is 4.79 Å². The number of rotatable bonds is 5. The number of aryl methyl sites for hydroxylation is 2. The van der Waals surface area contributed by atoms with Crippen LogP contribution in [0.1, 0.15) is 27.2 Å².